The highest BCUT2D eigenvalue weighted by molar-refractivity contribution is 7.80. The van der Waals surface area contributed by atoms with Crippen molar-refractivity contribution in [1.82, 2.24) is 5.32 Å². The van der Waals surface area contributed by atoms with Gasteiger partial charge in [-0.2, -0.15) is 0 Å². The second kappa shape index (κ2) is 5.32. The van der Waals surface area contributed by atoms with Crippen molar-refractivity contribution in [1.29, 1.82) is 0 Å². The monoisotopic (exact) mass is 292 g/mol. The maximum Gasteiger partial charge on any atom is 0.178 e. The van der Waals surface area contributed by atoms with Crippen LogP contribution in [-0.4, -0.2) is 24.9 Å². The first kappa shape index (κ1) is 14.7. The molecule has 1 aliphatic rings. The molecule has 20 heavy (non-hydrogen) atoms. The Kier molecular flexibility index (Phi) is 3.90. The zero-order valence-electron chi connectivity index (χ0n) is 12.5. The lowest BCUT2D eigenvalue weighted by Crippen LogP contribution is -2.53. The highest BCUT2D eigenvalue weighted by Gasteiger charge is 2.28. The van der Waals surface area contributed by atoms with Gasteiger partial charge in [0.05, 0.1) is 25.4 Å². The van der Waals surface area contributed by atoms with Crippen LogP contribution in [-0.2, 0) is 0 Å². The molecule has 0 spiro atoms. The third kappa shape index (κ3) is 2.88. The van der Waals surface area contributed by atoms with Gasteiger partial charge in [-0.25, -0.2) is 0 Å². The van der Waals surface area contributed by atoms with Crippen molar-refractivity contribution < 1.29 is 9.47 Å². The molecule has 1 aromatic carbocycles. The molecule has 0 bridgehead atoms. The Morgan fingerprint density at radius 2 is 1.65 bits per heavy atom. The number of anilines is 1. The number of nitrogens with one attached hydrogen (secondary N) is 1. The van der Waals surface area contributed by atoms with Gasteiger partial charge in [0.15, 0.2) is 5.11 Å². The van der Waals surface area contributed by atoms with Gasteiger partial charge in [-0.15, -0.1) is 0 Å². The summed E-state index contributed by atoms with van der Waals surface area (Å²) < 4.78 is 10.6. The van der Waals surface area contributed by atoms with Crippen LogP contribution in [0.3, 0.4) is 0 Å². The van der Waals surface area contributed by atoms with E-state index in [0.29, 0.717) is 5.11 Å². The van der Waals surface area contributed by atoms with Crippen LogP contribution in [0.1, 0.15) is 20.8 Å². The molecule has 0 fully saturated rings. The van der Waals surface area contributed by atoms with Crippen LogP contribution < -0.4 is 19.7 Å². The predicted molar refractivity (Wildman–Crippen MR) is 85.6 cm³/mol. The van der Waals surface area contributed by atoms with Crippen molar-refractivity contribution >= 4 is 23.0 Å². The molecule has 1 heterocycles. The van der Waals surface area contributed by atoms with Gasteiger partial charge in [-0.1, -0.05) is 0 Å². The number of rotatable bonds is 3. The van der Waals surface area contributed by atoms with E-state index in [1.165, 1.54) is 0 Å². The number of hydrogen-bond acceptors (Lipinski definition) is 3. The Morgan fingerprint density at radius 3 is 2.10 bits per heavy atom. The number of allylic oxidation sites excluding steroid dienone is 1. The molecule has 0 aromatic heterocycles. The molecule has 108 valence electrons. The Balaban J connectivity index is 2.48. The third-order valence-corrected chi connectivity index (χ3v) is 3.43. The quantitative estimate of drug-likeness (QED) is 0.866. The smallest absolute Gasteiger partial charge is 0.178 e. The van der Waals surface area contributed by atoms with Crippen molar-refractivity contribution in [3.63, 3.8) is 0 Å². The SMILES string of the molecule is COc1cc(OC)cc(N2C(=S)NC(C)(C)C=C2C)c1. The van der Waals surface area contributed by atoms with E-state index in [2.05, 4.69) is 25.2 Å². The zero-order chi connectivity index (χ0) is 14.9. The maximum atomic E-state index is 5.49. The molecule has 2 rings (SSSR count). The summed E-state index contributed by atoms with van der Waals surface area (Å²) in [4.78, 5) is 1.98. The molecule has 1 N–H and O–H groups in total. The topological polar surface area (TPSA) is 33.7 Å². The number of ether oxygens (including phenoxy) is 2. The predicted octanol–water partition coefficient (Wildman–Crippen LogP) is 3.08. The molecule has 1 aliphatic heterocycles. The van der Waals surface area contributed by atoms with Gasteiger partial charge in [-0.05, 0) is 39.1 Å². The molecule has 0 amide bonds. The zero-order valence-corrected chi connectivity index (χ0v) is 13.3. The molecule has 0 saturated heterocycles. The molecule has 0 saturated carbocycles. The Labute approximate surface area is 125 Å². The maximum absolute atomic E-state index is 5.49. The van der Waals surface area contributed by atoms with Crippen LogP contribution in [0.4, 0.5) is 5.69 Å². The van der Waals surface area contributed by atoms with E-state index >= 15 is 0 Å². The van der Waals surface area contributed by atoms with Crippen molar-refractivity contribution in [3.05, 3.63) is 30.0 Å². The summed E-state index contributed by atoms with van der Waals surface area (Å²) in [6.07, 6.45) is 2.15. The van der Waals surface area contributed by atoms with Gasteiger partial charge in [0, 0.05) is 23.9 Å². The Bertz CT molecular complexity index is 545. The lowest BCUT2D eigenvalue weighted by molar-refractivity contribution is 0.394. The fourth-order valence-corrected chi connectivity index (χ4v) is 2.87. The normalized spacial score (nSPS) is 17.4. The standard InChI is InChI=1S/C15H20N2O2S/c1-10-9-15(2,3)16-14(20)17(10)11-6-12(18-4)8-13(7-11)19-5/h6-9H,1-5H3,(H,16,20). The van der Waals surface area contributed by atoms with Gasteiger partial charge in [0.1, 0.15) is 11.5 Å². The van der Waals surface area contributed by atoms with Crippen LogP contribution in [0, 0.1) is 0 Å². The molecule has 1 aromatic rings. The van der Waals surface area contributed by atoms with E-state index in [1.54, 1.807) is 14.2 Å². The first-order chi connectivity index (χ1) is 9.36. The van der Waals surface area contributed by atoms with Crippen LogP contribution in [0.5, 0.6) is 11.5 Å². The molecular weight excluding hydrogens is 272 g/mol. The van der Waals surface area contributed by atoms with E-state index in [1.807, 2.05) is 30.0 Å². The molecule has 0 atom stereocenters. The van der Waals surface area contributed by atoms with Crippen molar-refractivity contribution in [2.24, 2.45) is 0 Å². The number of nitrogens with zero attached hydrogens (tertiary/aromatic N) is 1. The summed E-state index contributed by atoms with van der Waals surface area (Å²) in [5.41, 5.74) is 1.86. The first-order valence-electron chi connectivity index (χ1n) is 6.41. The Morgan fingerprint density at radius 1 is 1.10 bits per heavy atom. The van der Waals surface area contributed by atoms with Crippen molar-refractivity contribution in [3.8, 4) is 11.5 Å². The van der Waals surface area contributed by atoms with Crippen LogP contribution in [0.15, 0.2) is 30.0 Å². The molecule has 4 nitrogen and oxygen atoms in total. The highest BCUT2D eigenvalue weighted by Crippen LogP contribution is 2.32. The summed E-state index contributed by atoms with van der Waals surface area (Å²) in [7, 11) is 3.27. The van der Waals surface area contributed by atoms with Gasteiger partial charge in [0.25, 0.3) is 0 Å². The van der Waals surface area contributed by atoms with Crippen LogP contribution in [0.2, 0.25) is 0 Å². The largest absolute Gasteiger partial charge is 0.497 e. The van der Waals surface area contributed by atoms with Gasteiger partial charge >= 0.3 is 0 Å². The van der Waals surface area contributed by atoms with Crippen LogP contribution >= 0.6 is 12.2 Å². The van der Waals surface area contributed by atoms with Crippen molar-refractivity contribution in [2.45, 2.75) is 26.3 Å². The summed E-state index contributed by atoms with van der Waals surface area (Å²) in [5.74, 6) is 1.47. The number of hydrogen-bond donors (Lipinski definition) is 1. The lowest BCUT2D eigenvalue weighted by atomic mass is 10.0. The van der Waals surface area contributed by atoms with Crippen molar-refractivity contribution in [2.75, 3.05) is 19.1 Å². The minimum atomic E-state index is -0.138. The average Bonchev–Trinajstić information content (AvgIpc) is 2.35. The second-order valence-electron chi connectivity index (χ2n) is 5.34. The number of thiocarbonyl (C=S) groups is 1. The van der Waals surface area contributed by atoms with E-state index in [9.17, 15) is 0 Å². The minimum Gasteiger partial charge on any atom is -0.497 e. The molecule has 0 unspecified atom stereocenters. The van der Waals surface area contributed by atoms with E-state index < -0.39 is 0 Å². The second-order valence-corrected chi connectivity index (χ2v) is 5.73. The molecule has 0 radical (unpaired) electrons. The van der Waals surface area contributed by atoms with E-state index in [0.717, 1.165) is 22.9 Å². The summed E-state index contributed by atoms with van der Waals surface area (Å²) in [5, 5.41) is 3.98. The van der Waals surface area contributed by atoms with E-state index in [-0.39, 0.29) is 5.54 Å². The average molecular weight is 292 g/mol. The molecule has 0 aliphatic carbocycles. The van der Waals surface area contributed by atoms with Gasteiger partial charge in [-0.3, -0.25) is 4.90 Å². The minimum absolute atomic E-state index is 0.138. The third-order valence-electron chi connectivity index (χ3n) is 3.15. The summed E-state index contributed by atoms with van der Waals surface area (Å²) in [6, 6.07) is 5.71. The Hall–Kier alpha value is -1.75. The fraction of sp³-hybridized carbons (Fsp3) is 0.400. The summed E-state index contributed by atoms with van der Waals surface area (Å²) in [6.45, 7) is 6.22. The fourth-order valence-electron chi connectivity index (χ4n) is 2.36. The molecular formula is C15H20N2O2S. The van der Waals surface area contributed by atoms with Crippen LogP contribution in [0.25, 0.3) is 0 Å². The number of methoxy groups -OCH3 is 2. The van der Waals surface area contributed by atoms with Gasteiger partial charge < -0.3 is 14.8 Å². The first-order valence-corrected chi connectivity index (χ1v) is 6.82. The molecule has 5 heteroatoms. The highest BCUT2D eigenvalue weighted by atomic mass is 32.1. The lowest BCUT2D eigenvalue weighted by Gasteiger charge is -2.38. The van der Waals surface area contributed by atoms with E-state index in [4.69, 9.17) is 21.7 Å². The van der Waals surface area contributed by atoms with Gasteiger partial charge in [0.2, 0.25) is 0 Å². The summed E-state index contributed by atoms with van der Waals surface area (Å²) >= 11 is 5.49. The number of benzene rings is 1.